The maximum Gasteiger partial charge on any atom is 0.240 e. The lowest BCUT2D eigenvalue weighted by Crippen LogP contribution is -2.36. The topological polar surface area (TPSA) is 94.6 Å². The Balaban J connectivity index is 1.22. The molecule has 3 aliphatic rings. The van der Waals surface area contributed by atoms with Gasteiger partial charge in [0.25, 0.3) is 0 Å². The van der Waals surface area contributed by atoms with Gasteiger partial charge < -0.3 is 15.0 Å². The number of anilines is 2. The lowest BCUT2D eigenvalue weighted by atomic mass is 9.92. The van der Waals surface area contributed by atoms with Crippen LogP contribution in [0.5, 0.6) is 0 Å². The highest BCUT2D eigenvalue weighted by Crippen LogP contribution is 2.35. The number of nitrogens with one attached hydrogen (secondary N) is 2. The number of aryl methyl sites for hydroxylation is 1. The molecule has 10 heteroatoms. The third kappa shape index (κ3) is 3.99. The van der Waals surface area contributed by atoms with Gasteiger partial charge in [0, 0.05) is 44.5 Å². The van der Waals surface area contributed by atoms with E-state index in [9.17, 15) is 8.60 Å². The van der Waals surface area contributed by atoms with Crippen LogP contribution < -0.4 is 15.4 Å². The van der Waals surface area contributed by atoms with Crippen LogP contribution in [0.3, 0.4) is 0 Å². The van der Waals surface area contributed by atoms with Crippen molar-refractivity contribution in [3.05, 3.63) is 35.4 Å². The number of halogens is 1. The van der Waals surface area contributed by atoms with Gasteiger partial charge in [-0.2, -0.15) is 4.98 Å². The number of rotatable bonds is 4. The standard InChI is InChI=1S/C23H26FN5O3S/c24-15-1-2-19-17(13-15)20(28-32-19)14-3-8-29(9-4-14)23-26-18-7-12-33(30)21(18)22(27-23)25-16-5-10-31-11-6-16/h1-2,13-14,16H,3-12H2,(H,25,26,27)/p+1. The molecule has 2 aromatic heterocycles. The Morgan fingerprint density at radius 3 is 2.79 bits per heavy atom. The minimum absolute atomic E-state index is 0.256. The Morgan fingerprint density at radius 1 is 1.15 bits per heavy atom. The number of aromatic amines is 1. The van der Waals surface area contributed by atoms with Gasteiger partial charge in [-0.3, -0.25) is 4.21 Å². The Hall–Kier alpha value is -2.59. The summed E-state index contributed by atoms with van der Waals surface area (Å²) in [6.07, 6.45) is 4.33. The number of nitrogens with zero attached hydrogens (tertiary/aromatic N) is 3. The number of benzene rings is 1. The maximum atomic E-state index is 13.8. The normalized spacial score (nSPS) is 22.1. The van der Waals surface area contributed by atoms with Crippen molar-refractivity contribution < 1.29 is 23.0 Å². The van der Waals surface area contributed by atoms with Gasteiger partial charge in [0.1, 0.15) is 16.5 Å². The molecule has 0 saturated carbocycles. The summed E-state index contributed by atoms with van der Waals surface area (Å²) in [6.45, 7) is 3.05. The summed E-state index contributed by atoms with van der Waals surface area (Å²) in [7, 11) is -1.05. The molecular weight excluding hydrogens is 445 g/mol. The minimum Gasteiger partial charge on any atom is -0.381 e. The average Bonchev–Trinajstić information content (AvgIpc) is 3.43. The van der Waals surface area contributed by atoms with Crippen LogP contribution in [-0.2, 0) is 22.0 Å². The fourth-order valence-corrected chi connectivity index (χ4v) is 6.41. The summed E-state index contributed by atoms with van der Waals surface area (Å²) in [5.74, 6) is 2.03. The summed E-state index contributed by atoms with van der Waals surface area (Å²) in [4.78, 5) is 12.7. The lowest BCUT2D eigenvalue weighted by Gasteiger charge is -2.31. The fraction of sp³-hybridized carbons (Fsp3) is 0.522. The summed E-state index contributed by atoms with van der Waals surface area (Å²) in [5, 5.41) is 7.37. The van der Waals surface area contributed by atoms with E-state index in [4.69, 9.17) is 19.2 Å². The van der Waals surface area contributed by atoms with E-state index in [1.165, 1.54) is 12.1 Å². The minimum atomic E-state index is -1.05. The van der Waals surface area contributed by atoms with Crippen LogP contribution in [0.15, 0.2) is 27.6 Å². The molecular formula is C23H27FN5O3S+. The van der Waals surface area contributed by atoms with Crippen LogP contribution in [0.4, 0.5) is 16.2 Å². The zero-order valence-corrected chi connectivity index (χ0v) is 19.1. The molecule has 0 bridgehead atoms. The van der Waals surface area contributed by atoms with Gasteiger partial charge in [-0.05, 0) is 49.0 Å². The van der Waals surface area contributed by atoms with Crippen molar-refractivity contribution >= 4 is 33.5 Å². The van der Waals surface area contributed by atoms with Crippen LogP contribution in [0.2, 0.25) is 0 Å². The van der Waals surface area contributed by atoms with E-state index in [2.05, 4.69) is 15.4 Å². The largest absolute Gasteiger partial charge is 0.381 e. The number of piperidine rings is 1. The van der Waals surface area contributed by atoms with Gasteiger partial charge in [-0.1, -0.05) is 0 Å². The Morgan fingerprint density at radius 2 is 1.97 bits per heavy atom. The highest BCUT2D eigenvalue weighted by molar-refractivity contribution is 7.85. The second kappa shape index (κ2) is 8.64. The predicted octanol–water partition coefficient (Wildman–Crippen LogP) is 2.81. The quantitative estimate of drug-likeness (QED) is 0.624. The summed E-state index contributed by atoms with van der Waals surface area (Å²) >= 11 is 0. The zero-order chi connectivity index (χ0) is 22.4. The van der Waals surface area contributed by atoms with E-state index in [1.54, 1.807) is 6.07 Å². The SMILES string of the molecule is O=S1CCc2nc(N3CCC(c4[nH+]oc5ccc(F)cc45)CC3)nc(NC3CCOCC3)c21. The third-order valence-electron chi connectivity index (χ3n) is 6.93. The van der Waals surface area contributed by atoms with E-state index < -0.39 is 10.8 Å². The highest BCUT2D eigenvalue weighted by atomic mass is 32.2. The molecule has 2 fully saturated rings. The van der Waals surface area contributed by atoms with E-state index >= 15 is 0 Å². The first-order chi connectivity index (χ1) is 16.2. The van der Waals surface area contributed by atoms with Crippen molar-refractivity contribution in [1.82, 2.24) is 9.97 Å². The van der Waals surface area contributed by atoms with Crippen molar-refractivity contribution in [2.24, 2.45) is 0 Å². The van der Waals surface area contributed by atoms with Crippen LogP contribution >= 0.6 is 0 Å². The molecule has 1 atom stereocenters. The molecule has 6 rings (SSSR count). The molecule has 2 N–H and O–H groups in total. The molecule has 33 heavy (non-hydrogen) atoms. The number of hydrogen-bond acceptors (Lipinski definition) is 7. The molecule has 3 aromatic rings. The molecule has 3 aliphatic heterocycles. The molecule has 0 radical (unpaired) electrons. The van der Waals surface area contributed by atoms with Crippen LogP contribution in [0.1, 0.15) is 43.0 Å². The molecule has 1 unspecified atom stereocenters. The molecule has 0 aliphatic carbocycles. The second-order valence-corrected chi connectivity index (χ2v) is 10.5. The smallest absolute Gasteiger partial charge is 0.240 e. The van der Waals surface area contributed by atoms with Gasteiger partial charge in [-0.25, -0.2) is 13.9 Å². The van der Waals surface area contributed by atoms with E-state index in [0.717, 1.165) is 85.9 Å². The van der Waals surface area contributed by atoms with Crippen molar-refractivity contribution in [3.63, 3.8) is 0 Å². The first-order valence-corrected chi connectivity index (χ1v) is 13.0. The van der Waals surface area contributed by atoms with E-state index in [0.29, 0.717) is 17.3 Å². The molecule has 8 nitrogen and oxygen atoms in total. The molecule has 0 amide bonds. The second-order valence-electron chi connectivity index (χ2n) is 9.00. The van der Waals surface area contributed by atoms with Gasteiger partial charge in [0.2, 0.25) is 17.2 Å². The van der Waals surface area contributed by atoms with Crippen LogP contribution in [0, 0.1) is 5.82 Å². The number of H-pyrrole nitrogens is 1. The van der Waals surface area contributed by atoms with Crippen LogP contribution in [-0.4, -0.2) is 52.3 Å². The lowest BCUT2D eigenvalue weighted by molar-refractivity contribution is -0.611. The Bertz CT molecular complexity index is 1200. The maximum absolute atomic E-state index is 13.8. The third-order valence-corrected chi connectivity index (χ3v) is 8.39. The Labute approximate surface area is 193 Å². The molecule has 0 spiro atoms. The molecule has 2 saturated heterocycles. The van der Waals surface area contributed by atoms with E-state index in [1.807, 2.05) is 0 Å². The summed E-state index contributed by atoms with van der Waals surface area (Å²) in [5.41, 5.74) is 2.53. The first kappa shape index (κ1) is 21.0. The van der Waals surface area contributed by atoms with Gasteiger partial charge >= 0.3 is 0 Å². The van der Waals surface area contributed by atoms with Crippen LogP contribution in [0.25, 0.3) is 11.0 Å². The van der Waals surface area contributed by atoms with Gasteiger partial charge in [0.15, 0.2) is 0 Å². The average molecular weight is 473 g/mol. The Kier molecular flexibility index (Phi) is 5.49. The van der Waals surface area contributed by atoms with E-state index in [-0.39, 0.29) is 17.8 Å². The molecule has 174 valence electrons. The van der Waals surface area contributed by atoms with Gasteiger partial charge in [0.05, 0.1) is 27.8 Å². The number of hydrogen-bond donors (Lipinski definition) is 1. The molecule has 1 aromatic carbocycles. The van der Waals surface area contributed by atoms with Crippen molar-refractivity contribution in [3.8, 4) is 0 Å². The van der Waals surface area contributed by atoms with Crippen molar-refractivity contribution in [2.45, 2.75) is 49.0 Å². The highest BCUT2D eigenvalue weighted by Gasteiger charge is 2.33. The van der Waals surface area contributed by atoms with Gasteiger partial charge in [-0.15, -0.1) is 0 Å². The van der Waals surface area contributed by atoms with Crippen molar-refractivity contribution in [1.29, 1.82) is 0 Å². The van der Waals surface area contributed by atoms with Crippen molar-refractivity contribution in [2.75, 3.05) is 42.3 Å². The zero-order valence-electron chi connectivity index (χ0n) is 18.3. The number of ether oxygens (including phenoxy) is 1. The number of aromatic nitrogens is 3. The molecule has 5 heterocycles. The first-order valence-electron chi connectivity index (χ1n) is 11.6. The predicted molar refractivity (Wildman–Crippen MR) is 121 cm³/mol. The summed E-state index contributed by atoms with van der Waals surface area (Å²) < 4.78 is 37.4. The monoisotopic (exact) mass is 472 g/mol. The fourth-order valence-electron chi connectivity index (χ4n) is 5.10. The summed E-state index contributed by atoms with van der Waals surface area (Å²) in [6, 6.07) is 4.89. The number of fused-ring (bicyclic) bond motifs is 2.